The van der Waals surface area contributed by atoms with Crippen molar-refractivity contribution < 1.29 is 14.3 Å². The number of aliphatic hydroxyl groups is 1. The topological polar surface area (TPSA) is 90.9 Å². The molecule has 1 amide bonds. The van der Waals surface area contributed by atoms with Crippen LogP contribution in [0.4, 0.5) is 10.1 Å². The highest BCUT2D eigenvalue weighted by atomic mass is 35.5. The summed E-state index contributed by atoms with van der Waals surface area (Å²) in [6, 6.07) is 12.1. The molecule has 2 aromatic carbocycles. The molecule has 3 aromatic rings. The zero-order valence-electron chi connectivity index (χ0n) is 16.0. The van der Waals surface area contributed by atoms with E-state index in [0.29, 0.717) is 33.9 Å². The Hall–Kier alpha value is -3.21. The first kappa shape index (κ1) is 20.5. The minimum Gasteiger partial charge on any atom is -0.375 e. The van der Waals surface area contributed by atoms with Crippen LogP contribution in [0.25, 0.3) is 5.69 Å². The highest BCUT2D eigenvalue weighted by molar-refractivity contribution is 6.31. The zero-order chi connectivity index (χ0) is 21.3. The number of rotatable bonds is 4. The second kappa shape index (κ2) is 7.66. The number of hydrogen-bond acceptors (Lipinski definition) is 4. The van der Waals surface area contributed by atoms with Crippen LogP contribution in [-0.4, -0.2) is 20.8 Å². The van der Waals surface area contributed by atoms with Crippen LogP contribution in [0.1, 0.15) is 29.4 Å². The second-order valence-electron chi connectivity index (χ2n) is 6.77. The molecule has 1 aromatic heterocycles. The van der Waals surface area contributed by atoms with Gasteiger partial charge in [0.1, 0.15) is 11.9 Å². The van der Waals surface area contributed by atoms with E-state index < -0.39 is 17.3 Å². The molecule has 8 heteroatoms. The van der Waals surface area contributed by atoms with Crippen molar-refractivity contribution in [2.24, 2.45) is 0 Å². The van der Waals surface area contributed by atoms with Crippen LogP contribution >= 0.6 is 11.6 Å². The summed E-state index contributed by atoms with van der Waals surface area (Å²) in [5.74, 6) is -1.10. The number of nitriles is 1. The van der Waals surface area contributed by atoms with Gasteiger partial charge in [-0.1, -0.05) is 11.6 Å². The molecule has 1 heterocycles. The molecule has 2 N–H and O–H groups in total. The summed E-state index contributed by atoms with van der Waals surface area (Å²) in [6.07, 6.45) is 0. The standard InChI is InChI=1S/C21H18ClFN4O2/c1-12-19(21(3,29)20(28)25-16-7-5-15(23)6-8-16)13(2)27(26-12)17-9-4-14(11-24)18(22)10-17/h4-10,29H,1-3H3,(H,25,28). The van der Waals surface area contributed by atoms with E-state index in [1.807, 2.05) is 6.07 Å². The van der Waals surface area contributed by atoms with Crippen LogP contribution < -0.4 is 5.32 Å². The molecule has 0 spiro atoms. The number of amides is 1. The van der Waals surface area contributed by atoms with Gasteiger partial charge in [0, 0.05) is 16.9 Å². The quantitative estimate of drug-likeness (QED) is 0.677. The molecule has 0 saturated heterocycles. The minimum absolute atomic E-state index is 0.278. The van der Waals surface area contributed by atoms with Crippen LogP contribution in [0.2, 0.25) is 5.02 Å². The van der Waals surface area contributed by atoms with Crippen LogP contribution in [0.15, 0.2) is 42.5 Å². The molecule has 29 heavy (non-hydrogen) atoms. The third-order valence-corrected chi connectivity index (χ3v) is 4.95. The maximum atomic E-state index is 13.1. The first-order chi connectivity index (χ1) is 13.6. The van der Waals surface area contributed by atoms with Gasteiger partial charge in [0.05, 0.1) is 22.0 Å². The average Bonchev–Trinajstić information content (AvgIpc) is 2.98. The molecule has 6 nitrogen and oxygen atoms in total. The predicted molar refractivity (Wildman–Crippen MR) is 107 cm³/mol. The zero-order valence-corrected chi connectivity index (χ0v) is 16.8. The molecule has 0 aliphatic rings. The third kappa shape index (κ3) is 3.86. The molecule has 0 bridgehead atoms. The van der Waals surface area contributed by atoms with Crippen LogP contribution in [-0.2, 0) is 10.4 Å². The van der Waals surface area contributed by atoms with Crippen molar-refractivity contribution in [3.63, 3.8) is 0 Å². The van der Waals surface area contributed by atoms with Gasteiger partial charge in [0.25, 0.3) is 5.91 Å². The summed E-state index contributed by atoms with van der Waals surface area (Å²) in [5.41, 5.74) is 0.746. The van der Waals surface area contributed by atoms with Crippen molar-refractivity contribution in [1.82, 2.24) is 9.78 Å². The van der Waals surface area contributed by atoms with E-state index in [9.17, 15) is 14.3 Å². The number of hydrogen-bond donors (Lipinski definition) is 2. The Bertz CT molecular complexity index is 1130. The normalized spacial score (nSPS) is 12.9. The molecule has 0 aliphatic carbocycles. The Kier molecular flexibility index (Phi) is 5.42. The monoisotopic (exact) mass is 412 g/mol. The van der Waals surface area contributed by atoms with Gasteiger partial charge in [-0.15, -0.1) is 0 Å². The van der Waals surface area contributed by atoms with Crippen LogP contribution in [0.5, 0.6) is 0 Å². The maximum Gasteiger partial charge on any atom is 0.260 e. The van der Waals surface area contributed by atoms with E-state index in [0.717, 1.165) is 0 Å². The maximum absolute atomic E-state index is 13.1. The lowest BCUT2D eigenvalue weighted by Crippen LogP contribution is -2.38. The summed E-state index contributed by atoms with van der Waals surface area (Å²) in [7, 11) is 0. The average molecular weight is 413 g/mol. The number of nitrogens with one attached hydrogen (secondary N) is 1. The number of anilines is 1. The molecular weight excluding hydrogens is 395 g/mol. The van der Waals surface area contributed by atoms with Gasteiger partial charge < -0.3 is 10.4 Å². The predicted octanol–water partition coefficient (Wildman–Crippen LogP) is 4.00. The number of aryl methyl sites for hydroxylation is 1. The largest absolute Gasteiger partial charge is 0.375 e. The lowest BCUT2D eigenvalue weighted by atomic mass is 9.93. The number of aromatic nitrogens is 2. The minimum atomic E-state index is -1.89. The molecule has 3 rings (SSSR count). The molecule has 0 saturated carbocycles. The van der Waals surface area contributed by atoms with Gasteiger partial charge >= 0.3 is 0 Å². The molecule has 1 unspecified atom stereocenters. The SMILES string of the molecule is Cc1nn(-c2ccc(C#N)c(Cl)c2)c(C)c1C(C)(O)C(=O)Nc1ccc(F)cc1. The van der Waals surface area contributed by atoms with Gasteiger partial charge in [0.2, 0.25) is 0 Å². The number of carbonyl (C=O) groups is 1. The second-order valence-corrected chi connectivity index (χ2v) is 7.17. The summed E-state index contributed by atoms with van der Waals surface area (Å²) < 4.78 is 14.6. The lowest BCUT2D eigenvalue weighted by molar-refractivity contribution is -0.133. The van der Waals surface area contributed by atoms with Gasteiger partial charge in [-0.05, 0) is 63.2 Å². The van der Waals surface area contributed by atoms with Gasteiger partial charge in [0.15, 0.2) is 5.60 Å². The van der Waals surface area contributed by atoms with Gasteiger partial charge in [-0.3, -0.25) is 4.79 Å². The highest BCUT2D eigenvalue weighted by Crippen LogP contribution is 2.31. The van der Waals surface area contributed by atoms with E-state index in [-0.39, 0.29) is 5.02 Å². The molecule has 0 fully saturated rings. The smallest absolute Gasteiger partial charge is 0.260 e. The number of carbonyl (C=O) groups excluding carboxylic acids is 1. The van der Waals surface area contributed by atoms with E-state index >= 15 is 0 Å². The van der Waals surface area contributed by atoms with E-state index in [1.165, 1.54) is 31.2 Å². The first-order valence-electron chi connectivity index (χ1n) is 8.71. The molecule has 148 valence electrons. The van der Waals surface area contributed by atoms with Crippen molar-refractivity contribution in [3.05, 3.63) is 75.8 Å². The number of nitrogens with zero attached hydrogens (tertiary/aromatic N) is 3. The van der Waals surface area contributed by atoms with Crippen LogP contribution in [0, 0.1) is 31.0 Å². The Morgan fingerprint density at radius 1 is 1.28 bits per heavy atom. The number of benzene rings is 2. The van der Waals surface area contributed by atoms with Gasteiger partial charge in [-0.2, -0.15) is 10.4 Å². The van der Waals surface area contributed by atoms with Crippen LogP contribution in [0.3, 0.4) is 0 Å². The van der Waals surface area contributed by atoms with Crippen molar-refractivity contribution >= 4 is 23.2 Å². The molecule has 1 atom stereocenters. The summed E-state index contributed by atoms with van der Waals surface area (Å²) in [5, 5.41) is 27.3. The Morgan fingerprint density at radius 3 is 2.52 bits per heavy atom. The Labute approximate surface area is 172 Å². The van der Waals surface area contributed by atoms with E-state index in [4.69, 9.17) is 16.9 Å². The van der Waals surface area contributed by atoms with Crippen molar-refractivity contribution in [3.8, 4) is 11.8 Å². The van der Waals surface area contributed by atoms with E-state index in [1.54, 1.807) is 36.7 Å². The van der Waals surface area contributed by atoms with Crippen molar-refractivity contribution in [2.75, 3.05) is 5.32 Å². The fourth-order valence-corrected chi connectivity index (χ4v) is 3.44. The van der Waals surface area contributed by atoms with E-state index in [2.05, 4.69) is 10.4 Å². The van der Waals surface area contributed by atoms with Gasteiger partial charge in [-0.25, -0.2) is 9.07 Å². The molecule has 0 aliphatic heterocycles. The lowest BCUT2D eigenvalue weighted by Gasteiger charge is -2.23. The Balaban J connectivity index is 1.98. The fourth-order valence-electron chi connectivity index (χ4n) is 3.22. The Morgan fingerprint density at radius 2 is 1.93 bits per heavy atom. The highest BCUT2D eigenvalue weighted by Gasteiger charge is 2.38. The third-order valence-electron chi connectivity index (χ3n) is 4.64. The van der Waals surface area contributed by atoms with Crippen molar-refractivity contribution in [2.45, 2.75) is 26.4 Å². The summed E-state index contributed by atoms with van der Waals surface area (Å²) >= 11 is 6.12. The first-order valence-corrected chi connectivity index (χ1v) is 9.09. The summed E-state index contributed by atoms with van der Waals surface area (Å²) in [4.78, 5) is 12.8. The summed E-state index contributed by atoms with van der Waals surface area (Å²) in [6.45, 7) is 4.78. The fraction of sp³-hybridized carbons (Fsp3) is 0.190. The van der Waals surface area contributed by atoms with Crippen molar-refractivity contribution in [1.29, 1.82) is 5.26 Å². The molecule has 0 radical (unpaired) electrons. The number of halogens is 2. The molecular formula is C21H18ClFN4O2.